The van der Waals surface area contributed by atoms with Crippen molar-refractivity contribution in [1.82, 2.24) is 15.0 Å². The summed E-state index contributed by atoms with van der Waals surface area (Å²) in [6.45, 7) is 2.23. The summed E-state index contributed by atoms with van der Waals surface area (Å²) in [5, 5.41) is 16.0. The largest absolute Gasteiger partial charge is 0.487 e. The number of benzene rings is 1. The third-order valence-electron chi connectivity index (χ3n) is 3.28. The summed E-state index contributed by atoms with van der Waals surface area (Å²) < 4.78 is 6.91. The number of carbonyl (C=O) groups excluding carboxylic acids is 1. The van der Waals surface area contributed by atoms with E-state index >= 15 is 0 Å². The van der Waals surface area contributed by atoms with Gasteiger partial charge in [0.15, 0.2) is 5.69 Å². The van der Waals surface area contributed by atoms with Gasteiger partial charge in [-0.1, -0.05) is 17.3 Å². The monoisotopic (exact) mass is 302 g/mol. The molecule has 8 heteroatoms. The maximum absolute atomic E-state index is 12.5. The molecule has 0 bridgehead atoms. The molecule has 1 aromatic heterocycles. The highest BCUT2D eigenvalue weighted by Gasteiger charge is 2.27. The number of rotatable bonds is 3. The summed E-state index contributed by atoms with van der Waals surface area (Å²) >= 11 is 0. The van der Waals surface area contributed by atoms with E-state index in [1.165, 1.54) is 10.9 Å². The predicted molar refractivity (Wildman–Crippen MR) is 75.9 cm³/mol. The molecule has 1 unspecified atom stereocenters. The Morgan fingerprint density at radius 3 is 2.91 bits per heavy atom. The highest BCUT2D eigenvalue weighted by molar-refractivity contribution is 5.95. The number of aromatic nitrogens is 3. The zero-order chi connectivity index (χ0) is 15.7. The zero-order valence-electron chi connectivity index (χ0n) is 11.8. The first-order chi connectivity index (χ1) is 10.5. The summed E-state index contributed by atoms with van der Waals surface area (Å²) in [6.07, 6.45) is 1.11. The average Bonchev–Trinajstić information content (AvgIpc) is 2.95. The van der Waals surface area contributed by atoms with Crippen LogP contribution in [0, 0.1) is 0 Å². The van der Waals surface area contributed by atoms with Crippen molar-refractivity contribution in [3.05, 3.63) is 36.2 Å². The highest BCUT2D eigenvalue weighted by Crippen LogP contribution is 2.33. The molecule has 0 fully saturated rings. The number of carboxylic acid groups (broad SMARTS) is 1. The second-order valence-electron chi connectivity index (χ2n) is 5.01. The van der Waals surface area contributed by atoms with Crippen LogP contribution in [0.4, 0.5) is 5.69 Å². The van der Waals surface area contributed by atoms with Crippen LogP contribution >= 0.6 is 0 Å². The molecular formula is C14H14N4O4. The normalized spacial score (nSPS) is 16.8. The predicted octanol–water partition coefficient (Wildman–Crippen LogP) is 0.790. The summed E-state index contributed by atoms with van der Waals surface area (Å²) in [7, 11) is 0. The number of hydrogen-bond acceptors (Lipinski definition) is 5. The van der Waals surface area contributed by atoms with Gasteiger partial charge in [-0.2, -0.15) is 0 Å². The van der Waals surface area contributed by atoms with Crippen LogP contribution in [-0.4, -0.2) is 44.6 Å². The number of amides is 1. The summed E-state index contributed by atoms with van der Waals surface area (Å²) in [5.74, 6) is -0.729. The van der Waals surface area contributed by atoms with Crippen molar-refractivity contribution in [3.63, 3.8) is 0 Å². The van der Waals surface area contributed by atoms with Gasteiger partial charge in [0.2, 0.25) is 5.91 Å². The first kappa shape index (κ1) is 14.1. The Labute approximate surface area is 125 Å². The van der Waals surface area contributed by atoms with Crippen LogP contribution < -0.4 is 9.64 Å². The average molecular weight is 302 g/mol. The molecule has 1 aliphatic heterocycles. The summed E-state index contributed by atoms with van der Waals surface area (Å²) in [5.41, 5.74) is 0.507. The number of carbonyl (C=O) groups is 2. The second kappa shape index (κ2) is 5.47. The van der Waals surface area contributed by atoms with E-state index < -0.39 is 5.97 Å². The SMILES string of the molecule is CC1CN(C(=O)Cn2cc(C(=O)O)nn2)c2ccccc2O1. The van der Waals surface area contributed by atoms with Crippen LogP contribution in [0.5, 0.6) is 5.75 Å². The molecule has 8 nitrogen and oxygen atoms in total. The number of nitrogens with zero attached hydrogens (tertiary/aromatic N) is 4. The van der Waals surface area contributed by atoms with Gasteiger partial charge >= 0.3 is 5.97 Å². The van der Waals surface area contributed by atoms with Crippen molar-refractivity contribution >= 4 is 17.6 Å². The lowest BCUT2D eigenvalue weighted by Crippen LogP contribution is -2.43. The molecule has 1 atom stereocenters. The van der Waals surface area contributed by atoms with E-state index in [9.17, 15) is 9.59 Å². The van der Waals surface area contributed by atoms with Gasteiger partial charge < -0.3 is 14.7 Å². The molecule has 2 heterocycles. The summed E-state index contributed by atoms with van der Waals surface area (Å²) in [6, 6.07) is 7.29. The zero-order valence-corrected chi connectivity index (χ0v) is 11.8. The lowest BCUT2D eigenvalue weighted by molar-refractivity contribution is -0.119. The second-order valence-corrected chi connectivity index (χ2v) is 5.01. The third kappa shape index (κ3) is 2.62. The van der Waals surface area contributed by atoms with Crippen molar-refractivity contribution < 1.29 is 19.4 Å². The van der Waals surface area contributed by atoms with E-state index in [1.807, 2.05) is 31.2 Å². The van der Waals surface area contributed by atoms with Crippen LogP contribution in [-0.2, 0) is 11.3 Å². The molecule has 1 aliphatic rings. The van der Waals surface area contributed by atoms with E-state index in [-0.39, 0.29) is 24.2 Å². The molecule has 1 aromatic carbocycles. The molecule has 0 saturated carbocycles. The van der Waals surface area contributed by atoms with Crippen molar-refractivity contribution in [2.24, 2.45) is 0 Å². The van der Waals surface area contributed by atoms with Gasteiger partial charge in [0.25, 0.3) is 0 Å². The fraction of sp³-hybridized carbons (Fsp3) is 0.286. The molecule has 114 valence electrons. The molecular weight excluding hydrogens is 288 g/mol. The molecule has 1 N–H and O–H groups in total. The number of anilines is 1. The number of hydrogen-bond donors (Lipinski definition) is 1. The number of ether oxygens (including phenoxy) is 1. The maximum Gasteiger partial charge on any atom is 0.358 e. The first-order valence-electron chi connectivity index (χ1n) is 6.74. The fourth-order valence-corrected chi connectivity index (χ4v) is 2.32. The van der Waals surface area contributed by atoms with Gasteiger partial charge in [0, 0.05) is 0 Å². The van der Waals surface area contributed by atoms with Crippen molar-refractivity contribution in [2.75, 3.05) is 11.4 Å². The van der Waals surface area contributed by atoms with Crippen LogP contribution in [0.2, 0.25) is 0 Å². The molecule has 0 radical (unpaired) electrons. The Kier molecular flexibility index (Phi) is 3.50. The van der Waals surface area contributed by atoms with Gasteiger partial charge in [0.1, 0.15) is 18.4 Å². The standard InChI is InChI=1S/C14H14N4O4/c1-9-6-18(11-4-2-3-5-12(11)22-9)13(19)8-17-7-10(14(20)21)15-16-17/h2-5,7,9H,6,8H2,1H3,(H,20,21). The molecule has 1 amide bonds. The highest BCUT2D eigenvalue weighted by atomic mass is 16.5. The fourth-order valence-electron chi connectivity index (χ4n) is 2.32. The Morgan fingerprint density at radius 2 is 2.18 bits per heavy atom. The number of aromatic carboxylic acids is 1. The minimum atomic E-state index is -1.18. The van der Waals surface area contributed by atoms with Gasteiger partial charge in [0.05, 0.1) is 18.4 Å². The number of para-hydroxylation sites is 2. The molecule has 0 saturated heterocycles. The number of fused-ring (bicyclic) bond motifs is 1. The Bertz CT molecular complexity index is 727. The lowest BCUT2D eigenvalue weighted by Gasteiger charge is -2.33. The maximum atomic E-state index is 12.5. The van der Waals surface area contributed by atoms with Crippen LogP contribution in [0.15, 0.2) is 30.5 Å². The van der Waals surface area contributed by atoms with Crippen molar-refractivity contribution in [1.29, 1.82) is 0 Å². The smallest absolute Gasteiger partial charge is 0.358 e. The molecule has 0 aliphatic carbocycles. The molecule has 2 aromatic rings. The van der Waals surface area contributed by atoms with Gasteiger partial charge in [-0.3, -0.25) is 4.79 Å². The van der Waals surface area contributed by atoms with E-state index in [2.05, 4.69) is 10.3 Å². The van der Waals surface area contributed by atoms with Crippen LogP contribution in [0.25, 0.3) is 0 Å². The minimum Gasteiger partial charge on any atom is -0.487 e. The first-order valence-corrected chi connectivity index (χ1v) is 6.74. The van der Waals surface area contributed by atoms with Gasteiger partial charge in [-0.05, 0) is 19.1 Å². The lowest BCUT2D eigenvalue weighted by atomic mass is 10.2. The van der Waals surface area contributed by atoms with E-state index in [4.69, 9.17) is 9.84 Å². The van der Waals surface area contributed by atoms with Crippen molar-refractivity contribution in [2.45, 2.75) is 19.6 Å². The van der Waals surface area contributed by atoms with Crippen molar-refractivity contribution in [3.8, 4) is 5.75 Å². The third-order valence-corrected chi connectivity index (χ3v) is 3.28. The van der Waals surface area contributed by atoms with E-state index in [0.29, 0.717) is 18.0 Å². The van der Waals surface area contributed by atoms with E-state index in [0.717, 1.165) is 0 Å². The number of carboxylic acids is 1. The van der Waals surface area contributed by atoms with Gasteiger partial charge in [-0.15, -0.1) is 5.10 Å². The van der Waals surface area contributed by atoms with Crippen LogP contribution in [0.3, 0.4) is 0 Å². The molecule has 3 rings (SSSR count). The quantitative estimate of drug-likeness (QED) is 0.900. The Hall–Kier alpha value is -2.90. The Morgan fingerprint density at radius 1 is 1.41 bits per heavy atom. The topological polar surface area (TPSA) is 97.6 Å². The summed E-state index contributed by atoms with van der Waals surface area (Å²) in [4.78, 5) is 24.9. The van der Waals surface area contributed by atoms with Gasteiger partial charge in [-0.25, -0.2) is 9.48 Å². The Balaban J connectivity index is 1.81. The minimum absolute atomic E-state index is 0.0820. The molecule has 22 heavy (non-hydrogen) atoms. The molecule has 0 spiro atoms. The van der Waals surface area contributed by atoms with Crippen LogP contribution in [0.1, 0.15) is 17.4 Å². The van der Waals surface area contributed by atoms with E-state index in [1.54, 1.807) is 4.90 Å².